The molecule has 1 unspecified atom stereocenters. The van der Waals surface area contributed by atoms with Crippen LogP contribution >= 0.6 is 0 Å². The van der Waals surface area contributed by atoms with E-state index in [4.69, 9.17) is 0 Å². The van der Waals surface area contributed by atoms with Gasteiger partial charge in [0.2, 0.25) is 0 Å². The first-order valence-corrected chi connectivity index (χ1v) is 8.51. The first-order valence-electron chi connectivity index (χ1n) is 8.51. The number of nitrogens with one attached hydrogen (secondary N) is 1. The lowest BCUT2D eigenvalue weighted by atomic mass is 9.92. The second kappa shape index (κ2) is 8.46. The van der Waals surface area contributed by atoms with Gasteiger partial charge >= 0.3 is 0 Å². The zero-order chi connectivity index (χ0) is 17.6. The van der Waals surface area contributed by atoms with Crippen LogP contribution in [0, 0.1) is 5.92 Å². The minimum atomic E-state index is -0.894. The molecule has 4 heteroatoms. The van der Waals surface area contributed by atoms with E-state index in [1.54, 1.807) is 6.92 Å². The first-order chi connectivity index (χ1) is 10.7. The molecular weight excluding hydrogens is 288 g/mol. The summed E-state index contributed by atoms with van der Waals surface area (Å²) in [5.74, 6) is -0.0603. The van der Waals surface area contributed by atoms with Crippen molar-refractivity contribution in [2.24, 2.45) is 5.92 Å². The van der Waals surface area contributed by atoms with Crippen LogP contribution < -0.4 is 5.32 Å². The van der Waals surface area contributed by atoms with Gasteiger partial charge in [-0.1, -0.05) is 32.9 Å². The van der Waals surface area contributed by atoms with Crippen LogP contribution in [0.15, 0.2) is 24.3 Å². The summed E-state index contributed by atoms with van der Waals surface area (Å²) in [5, 5.41) is 13.0. The van der Waals surface area contributed by atoms with Crippen molar-refractivity contribution >= 4 is 5.91 Å². The van der Waals surface area contributed by atoms with Gasteiger partial charge in [0, 0.05) is 24.7 Å². The molecule has 0 aromatic heterocycles. The molecule has 1 amide bonds. The molecule has 0 fully saturated rings. The molecule has 0 spiro atoms. The molecule has 0 bridgehead atoms. The number of amides is 1. The Kier molecular flexibility index (Phi) is 7.23. The number of carbonyl (C=O) groups is 1. The fourth-order valence-corrected chi connectivity index (χ4v) is 2.22. The van der Waals surface area contributed by atoms with Crippen molar-refractivity contribution in [1.29, 1.82) is 0 Å². The number of rotatable bonds is 8. The third-order valence-electron chi connectivity index (χ3n) is 4.59. The van der Waals surface area contributed by atoms with Gasteiger partial charge in [0.25, 0.3) is 5.91 Å². The zero-order valence-corrected chi connectivity index (χ0v) is 15.4. The summed E-state index contributed by atoms with van der Waals surface area (Å²) in [5.41, 5.74) is 0.932. The van der Waals surface area contributed by atoms with Gasteiger partial charge in [-0.2, -0.15) is 0 Å². The van der Waals surface area contributed by atoms with Crippen LogP contribution in [0.3, 0.4) is 0 Å². The Morgan fingerprint density at radius 2 is 1.78 bits per heavy atom. The third kappa shape index (κ3) is 5.96. The van der Waals surface area contributed by atoms with Crippen molar-refractivity contribution < 1.29 is 9.90 Å². The molecule has 0 saturated carbocycles. The number of nitrogens with zero attached hydrogens (tertiary/aromatic N) is 1. The summed E-state index contributed by atoms with van der Waals surface area (Å²) in [6.45, 7) is 14.3. The maximum Gasteiger partial charge on any atom is 0.251 e. The van der Waals surface area contributed by atoms with Crippen molar-refractivity contribution in [3.8, 4) is 0 Å². The lowest BCUT2D eigenvalue weighted by Crippen LogP contribution is -2.44. The molecule has 0 aliphatic carbocycles. The Bertz CT molecular complexity index is 493. The Labute approximate surface area is 140 Å². The minimum absolute atomic E-state index is 0.0845. The molecule has 130 valence electrons. The van der Waals surface area contributed by atoms with E-state index in [-0.39, 0.29) is 18.4 Å². The molecule has 1 aromatic carbocycles. The van der Waals surface area contributed by atoms with Gasteiger partial charge in [-0.05, 0) is 50.9 Å². The van der Waals surface area contributed by atoms with Crippen molar-refractivity contribution in [3.63, 3.8) is 0 Å². The van der Waals surface area contributed by atoms with Gasteiger partial charge in [0.15, 0.2) is 0 Å². The predicted molar refractivity (Wildman–Crippen MR) is 95.5 cm³/mol. The highest BCUT2D eigenvalue weighted by atomic mass is 16.3. The van der Waals surface area contributed by atoms with E-state index >= 15 is 0 Å². The first kappa shape index (κ1) is 19.7. The highest BCUT2D eigenvalue weighted by Gasteiger charge is 2.25. The molecule has 1 atom stereocenters. The van der Waals surface area contributed by atoms with Crippen LogP contribution in [-0.4, -0.2) is 40.6 Å². The van der Waals surface area contributed by atoms with Gasteiger partial charge < -0.3 is 10.4 Å². The Morgan fingerprint density at radius 1 is 1.22 bits per heavy atom. The van der Waals surface area contributed by atoms with Gasteiger partial charge in [-0.3, -0.25) is 9.69 Å². The van der Waals surface area contributed by atoms with Crippen molar-refractivity contribution in [3.05, 3.63) is 35.4 Å². The number of hydrogen-bond acceptors (Lipinski definition) is 3. The second-order valence-electron chi connectivity index (χ2n) is 7.05. The van der Waals surface area contributed by atoms with Gasteiger partial charge in [-0.25, -0.2) is 0 Å². The van der Waals surface area contributed by atoms with E-state index in [9.17, 15) is 9.90 Å². The van der Waals surface area contributed by atoms with Gasteiger partial charge in [0.1, 0.15) is 0 Å². The quantitative estimate of drug-likeness (QED) is 0.774. The van der Waals surface area contributed by atoms with E-state index in [0.717, 1.165) is 13.1 Å². The Balaban J connectivity index is 2.64. The molecule has 2 N–H and O–H groups in total. The summed E-state index contributed by atoms with van der Waals surface area (Å²) < 4.78 is 0. The molecule has 23 heavy (non-hydrogen) atoms. The number of carbonyl (C=O) groups excluding carboxylic acids is 1. The monoisotopic (exact) mass is 320 g/mol. The largest absolute Gasteiger partial charge is 0.388 e. The van der Waals surface area contributed by atoms with E-state index in [2.05, 4.69) is 31.0 Å². The van der Waals surface area contributed by atoms with E-state index in [1.165, 1.54) is 5.56 Å². The van der Waals surface area contributed by atoms with Crippen LogP contribution in [0.1, 0.15) is 57.5 Å². The number of aliphatic hydroxyl groups is 1. The molecule has 0 saturated heterocycles. The third-order valence-corrected chi connectivity index (χ3v) is 4.59. The van der Waals surface area contributed by atoms with Crippen LogP contribution in [0.25, 0.3) is 0 Å². The second-order valence-corrected chi connectivity index (χ2v) is 7.05. The van der Waals surface area contributed by atoms with Crippen LogP contribution in [-0.2, 0) is 6.54 Å². The maximum atomic E-state index is 12.2. The lowest BCUT2D eigenvalue weighted by molar-refractivity contribution is 0.0142. The molecule has 1 rings (SSSR count). The minimum Gasteiger partial charge on any atom is -0.388 e. The smallest absolute Gasteiger partial charge is 0.251 e. The molecule has 4 nitrogen and oxygen atoms in total. The summed E-state index contributed by atoms with van der Waals surface area (Å²) in [6.07, 6.45) is 0. The van der Waals surface area contributed by atoms with E-state index < -0.39 is 5.60 Å². The maximum absolute atomic E-state index is 12.2. The SMILES string of the molecule is CCN(Cc1ccc(C(=O)NCC(C)(O)C(C)C)cc1)C(C)C. The molecule has 1 aromatic rings. The molecular formula is C19H32N2O2. The van der Waals surface area contributed by atoms with Crippen molar-refractivity contribution in [1.82, 2.24) is 10.2 Å². The van der Waals surface area contributed by atoms with Crippen LogP contribution in [0.2, 0.25) is 0 Å². The van der Waals surface area contributed by atoms with E-state index in [1.807, 2.05) is 38.1 Å². The average molecular weight is 320 g/mol. The topological polar surface area (TPSA) is 52.6 Å². The highest BCUT2D eigenvalue weighted by molar-refractivity contribution is 5.94. The van der Waals surface area contributed by atoms with E-state index in [0.29, 0.717) is 11.6 Å². The fraction of sp³-hybridized carbons (Fsp3) is 0.632. The summed E-state index contributed by atoms with van der Waals surface area (Å²) in [6, 6.07) is 8.20. The zero-order valence-electron chi connectivity index (χ0n) is 15.4. The molecule has 0 heterocycles. The number of hydrogen-bond donors (Lipinski definition) is 2. The highest BCUT2D eigenvalue weighted by Crippen LogP contribution is 2.15. The van der Waals surface area contributed by atoms with Crippen LogP contribution in [0.5, 0.6) is 0 Å². The van der Waals surface area contributed by atoms with Gasteiger partial charge in [0.05, 0.1) is 5.60 Å². The normalized spacial score (nSPS) is 14.3. The summed E-state index contributed by atoms with van der Waals surface area (Å²) in [7, 11) is 0. The molecule has 0 radical (unpaired) electrons. The van der Waals surface area contributed by atoms with Crippen molar-refractivity contribution in [2.45, 2.75) is 59.7 Å². The van der Waals surface area contributed by atoms with Gasteiger partial charge in [-0.15, -0.1) is 0 Å². The van der Waals surface area contributed by atoms with Crippen molar-refractivity contribution in [2.75, 3.05) is 13.1 Å². The Morgan fingerprint density at radius 3 is 2.22 bits per heavy atom. The number of benzene rings is 1. The molecule has 0 aliphatic heterocycles. The Hall–Kier alpha value is -1.39. The molecule has 0 aliphatic rings. The standard InChI is InChI=1S/C19H32N2O2/c1-7-21(15(4)5)12-16-8-10-17(11-9-16)18(22)20-13-19(6,23)14(2)3/h8-11,14-15,23H,7,12-13H2,1-6H3,(H,20,22). The predicted octanol–water partition coefficient (Wildman–Crippen LogP) is 3.05. The average Bonchev–Trinajstić information content (AvgIpc) is 2.50. The lowest BCUT2D eigenvalue weighted by Gasteiger charge is -2.27. The fourth-order valence-electron chi connectivity index (χ4n) is 2.22. The summed E-state index contributed by atoms with van der Waals surface area (Å²) >= 11 is 0. The summed E-state index contributed by atoms with van der Waals surface area (Å²) in [4.78, 5) is 14.5. The van der Waals surface area contributed by atoms with Crippen LogP contribution in [0.4, 0.5) is 0 Å².